The summed E-state index contributed by atoms with van der Waals surface area (Å²) in [5.41, 5.74) is 9.82. The Bertz CT molecular complexity index is 3270. The molecule has 0 unspecified atom stereocenters. The van der Waals surface area contributed by atoms with Gasteiger partial charge in [-0.3, -0.25) is 0 Å². The Kier molecular flexibility index (Phi) is 5.95. The number of ether oxygens (including phenoxy) is 1. The maximum atomic E-state index is 6.66. The number of hydrogen-bond acceptors (Lipinski definition) is 2. The summed E-state index contributed by atoms with van der Waals surface area (Å²) in [7, 11) is 2.09. The monoisotopic (exact) mass is 836 g/mol. The summed E-state index contributed by atoms with van der Waals surface area (Å²) in [6, 6.07) is 50.1. The Morgan fingerprint density at radius 1 is 0.608 bits per heavy atom. The minimum absolute atomic E-state index is 0.618. The molecule has 7 heteroatoms. The fourth-order valence-electron chi connectivity index (χ4n) is 8.00. The van der Waals surface area contributed by atoms with Crippen LogP contribution in [-0.2, 0) is 26.4 Å². The molecule has 11 rings (SSSR count). The Labute approximate surface area is 302 Å². The van der Waals surface area contributed by atoms with Crippen molar-refractivity contribution in [3.05, 3.63) is 149 Å². The Morgan fingerprint density at radius 3 is 2.20 bits per heavy atom. The minimum Gasteiger partial charge on any atom is -0.0570 e. The molecule has 51 heavy (non-hydrogen) atoms. The molecule has 0 saturated heterocycles. The normalized spacial score (nSPS) is 12.2. The van der Waals surface area contributed by atoms with Gasteiger partial charge in [-0.25, -0.2) is 0 Å². The summed E-state index contributed by atoms with van der Waals surface area (Å²) in [4.78, 5) is 4.82. The summed E-state index contributed by atoms with van der Waals surface area (Å²) in [6.07, 6.45) is 1.84. The van der Waals surface area contributed by atoms with Crippen molar-refractivity contribution in [2.24, 2.45) is 7.05 Å². The number of para-hydroxylation sites is 4. The minimum atomic E-state index is 0.618. The van der Waals surface area contributed by atoms with Crippen LogP contribution in [0.2, 0.25) is 0 Å². The van der Waals surface area contributed by atoms with Gasteiger partial charge in [0.15, 0.2) is 0 Å². The van der Waals surface area contributed by atoms with Gasteiger partial charge in [0.25, 0.3) is 0 Å². The smallest absolute Gasteiger partial charge is 0.0570 e. The molecular formula is C44H27N5OPt-2. The Morgan fingerprint density at radius 2 is 1.35 bits per heavy atom. The third-order valence-electron chi connectivity index (χ3n) is 10.3. The van der Waals surface area contributed by atoms with Crippen LogP contribution in [-0.4, -0.2) is 23.1 Å². The van der Waals surface area contributed by atoms with E-state index in [1.165, 1.54) is 38.1 Å². The first kappa shape index (κ1) is 28.8. The quantitative estimate of drug-likeness (QED) is 0.166. The molecule has 0 aliphatic rings. The topological polar surface area (TPSA) is 41.3 Å². The number of nitrogens with zero attached hydrogens (tertiary/aromatic N) is 5. The van der Waals surface area contributed by atoms with Crippen molar-refractivity contribution in [1.29, 1.82) is 0 Å². The standard InChI is InChI=1S/C44H27N5O.Pt/c1-27-17-18-28(47-26-46(2)37-14-5-6-15-38(37)47)22-42(27)50-29-19-20-31-34-24-35-33-12-9-11-32-30-10-3-4-13-36(30)49(44(32)33)41(35)25-40(34)48(39(31)23-29)43-16-7-8-21-45-43;/h3-21,24-25H,1-2H3;/q-2;. The van der Waals surface area contributed by atoms with Crippen LogP contribution in [0.1, 0.15) is 5.56 Å². The number of pyridine rings is 1. The van der Waals surface area contributed by atoms with Crippen LogP contribution in [0.25, 0.3) is 82.4 Å². The SMILES string of the molecule is Cc1ccc(-n2[c](=[Pt])n(C)c3ccccc32)[c-]c1Oc1[c-]c2c(cc1)c1cc3c4cccc5c6ccccc6n(c3cc1n2-c1ccccn1)c54. The first-order valence-corrected chi connectivity index (χ1v) is 18.0. The van der Waals surface area contributed by atoms with E-state index in [0.717, 1.165) is 53.7 Å². The Balaban J connectivity index is 1.13. The van der Waals surface area contributed by atoms with Gasteiger partial charge < -0.3 is 4.40 Å². The van der Waals surface area contributed by atoms with E-state index < -0.39 is 0 Å². The van der Waals surface area contributed by atoms with Gasteiger partial charge in [-0.05, 0) is 12.1 Å². The zero-order chi connectivity index (χ0) is 34.0. The number of imidazole rings is 1. The molecule has 6 aromatic carbocycles. The van der Waals surface area contributed by atoms with E-state index in [4.69, 9.17) is 9.72 Å². The van der Waals surface area contributed by atoms with Crippen LogP contribution in [0.5, 0.6) is 11.5 Å². The molecule has 0 aliphatic carbocycles. The first-order chi connectivity index (χ1) is 25.0. The van der Waals surface area contributed by atoms with Crippen molar-refractivity contribution in [3.8, 4) is 23.0 Å². The molecule has 0 fully saturated rings. The molecule has 0 bridgehead atoms. The van der Waals surface area contributed by atoms with Gasteiger partial charge in [-0.2, -0.15) is 0 Å². The maximum absolute atomic E-state index is 6.66. The van der Waals surface area contributed by atoms with Gasteiger partial charge in [0, 0.05) is 27.7 Å². The predicted octanol–water partition coefficient (Wildman–Crippen LogP) is 10.4. The van der Waals surface area contributed by atoms with E-state index in [-0.39, 0.29) is 0 Å². The van der Waals surface area contributed by atoms with E-state index >= 15 is 0 Å². The molecule has 5 heterocycles. The average Bonchev–Trinajstić information content (AvgIpc) is 3.86. The van der Waals surface area contributed by atoms with E-state index in [0.29, 0.717) is 11.5 Å². The number of aromatic nitrogens is 5. The van der Waals surface area contributed by atoms with Crippen LogP contribution in [0.3, 0.4) is 0 Å². The van der Waals surface area contributed by atoms with Crippen molar-refractivity contribution in [2.75, 3.05) is 0 Å². The van der Waals surface area contributed by atoms with Gasteiger partial charge in [-0.1, -0.05) is 42.5 Å². The van der Waals surface area contributed by atoms with Crippen LogP contribution in [0.4, 0.5) is 0 Å². The van der Waals surface area contributed by atoms with Gasteiger partial charge >= 0.3 is 201 Å². The molecule has 11 aromatic rings. The number of fused-ring (bicyclic) bond motifs is 10. The van der Waals surface area contributed by atoms with Crippen LogP contribution >= 0.6 is 0 Å². The molecule has 0 N–H and O–H groups in total. The molecule has 5 aromatic heterocycles. The summed E-state index contributed by atoms with van der Waals surface area (Å²) in [5, 5.41) is 7.28. The summed E-state index contributed by atoms with van der Waals surface area (Å²) < 4.78 is 16.8. The van der Waals surface area contributed by atoms with Gasteiger partial charge in [0.1, 0.15) is 0 Å². The van der Waals surface area contributed by atoms with Crippen molar-refractivity contribution >= 4 is 70.9 Å². The molecule has 0 aliphatic heterocycles. The molecule has 0 atom stereocenters. The Hall–Kier alpha value is -5.97. The molecule has 0 saturated carbocycles. The molecule has 246 valence electrons. The van der Waals surface area contributed by atoms with Crippen LogP contribution in [0, 0.1) is 22.9 Å². The fourth-order valence-corrected chi connectivity index (χ4v) is 8.82. The van der Waals surface area contributed by atoms with Crippen molar-refractivity contribution < 1.29 is 24.1 Å². The van der Waals surface area contributed by atoms with E-state index in [1.807, 2.05) is 24.4 Å². The third-order valence-corrected chi connectivity index (χ3v) is 11.6. The van der Waals surface area contributed by atoms with Crippen molar-refractivity contribution in [2.45, 2.75) is 6.92 Å². The summed E-state index contributed by atoms with van der Waals surface area (Å²) >= 11 is 2.38. The number of hydrogen-bond donors (Lipinski definition) is 0. The van der Waals surface area contributed by atoms with Crippen LogP contribution in [0.15, 0.2) is 128 Å². The van der Waals surface area contributed by atoms with Crippen molar-refractivity contribution in [3.63, 3.8) is 0 Å². The van der Waals surface area contributed by atoms with Gasteiger partial charge in [0.2, 0.25) is 0 Å². The predicted molar refractivity (Wildman–Crippen MR) is 201 cm³/mol. The second kappa shape index (κ2) is 10.5. The van der Waals surface area contributed by atoms with E-state index in [1.54, 1.807) is 0 Å². The number of benzene rings is 6. The third kappa shape index (κ3) is 3.97. The van der Waals surface area contributed by atoms with Crippen molar-refractivity contribution in [1.82, 2.24) is 23.1 Å². The summed E-state index contributed by atoms with van der Waals surface area (Å²) in [6.45, 7) is 2.05. The van der Waals surface area contributed by atoms with Gasteiger partial charge in [-0.15, -0.1) is 0 Å². The number of aryl methyl sites for hydroxylation is 2. The van der Waals surface area contributed by atoms with Gasteiger partial charge in [0.05, 0.1) is 16.6 Å². The average molecular weight is 837 g/mol. The van der Waals surface area contributed by atoms with E-state index in [2.05, 4.69) is 167 Å². The molecule has 6 nitrogen and oxygen atoms in total. The summed E-state index contributed by atoms with van der Waals surface area (Å²) in [5.74, 6) is 2.11. The molecule has 0 amide bonds. The zero-order valence-electron chi connectivity index (χ0n) is 27.6. The van der Waals surface area contributed by atoms with E-state index in [9.17, 15) is 0 Å². The second-order valence-corrected chi connectivity index (χ2v) is 14.1. The van der Waals surface area contributed by atoms with Crippen LogP contribution < -0.4 is 4.74 Å². The molecule has 0 radical (unpaired) electrons. The fraction of sp³-hybridized carbons (Fsp3) is 0.0455. The molecular weight excluding hydrogens is 810 g/mol. The first-order valence-electron chi connectivity index (χ1n) is 16.9. The zero-order valence-corrected chi connectivity index (χ0v) is 29.9. The number of rotatable bonds is 4. The second-order valence-electron chi connectivity index (χ2n) is 13.1. The molecule has 0 spiro atoms.